The Morgan fingerprint density at radius 2 is 2.00 bits per heavy atom. The van der Waals surface area contributed by atoms with Crippen molar-refractivity contribution in [2.75, 3.05) is 32.8 Å². The molecule has 1 saturated heterocycles. The minimum Gasteiger partial charge on any atom is -0.486 e. The summed E-state index contributed by atoms with van der Waals surface area (Å²) < 4.78 is 11.7. The molecule has 3 amide bonds. The second-order valence-corrected chi connectivity index (χ2v) is 6.90. The number of fused-ring (bicyclic) bond motifs is 1. The van der Waals surface area contributed by atoms with Crippen molar-refractivity contribution in [3.63, 3.8) is 0 Å². The van der Waals surface area contributed by atoms with Crippen molar-refractivity contribution in [3.8, 4) is 11.5 Å². The van der Waals surface area contributed by atoms with Crippen LogP contribution >= 0.6 is 0 Å². The number of carbonyl (C=O) groups excluding carboxylic acids is 2. The zero-order chi connectivity index (χ0) is 18.0. The summed E-state index contributed by atoms with van der Waals surface area (Å²) in [6.45, 7) is 8.42. The van der Waals surface area contributed by atoms with E-state index in [2.05, 4.69) is 10.2 Å². The molecule has 0 aliphatic carbocycles. The van der Waals surface area contributed by atoms with Gasteiger partial charge in [0.05, 0.1) is 0 Å². The van der Waals surface area contributed by atoms with E-state index in [9.17, 15) is 9.59 Å². The Balaban J connectivity index is 1.54. The van der Waals surface area contributed by atoms with Gasteiger partial charge in [-0.2, -0.15) is 0 Å². The highest BCUT2D eigenvalue weighted by Crippen LogP contribution is 2.31. The van der Waals surface area contributed by atoms with Crippen LogP contribution in [0.3, 0.4) is 0 Å². The van der Waals surface area contributed by atoms with Crippen molar-refractivity contribution in [3.05, 3.63) is 24.3 Å². The van der Waals surface area contributed by atoms with Gasteiger partial charge in [0.25, 0.3) is 5.91 Å². The summed E-state index contributed by atoms with van der Waals surface area (Å²) in [5.74, 6) is 1.34. The lowest BCUT2D eigenvalue weighted by Crippen LogP contribution is -2.45. The molecule has 2 aliphatic heterocycles. The van der Waals surface area contributed by atoms with E-state index in [1.54, 1.807) is 13.8 Å². The van der Waals surface area contributed by atoms with Crippen LogP contribution in [0.25, 0.3) is 0 Å². The first kappa shape index (κ1) is 17.5. The Bertz CT molecular complexity index is 661. The molecule has 1 fully saturated rings. The Morgan fingerprint density at radius 3 is 2.64 bits per heavy atom. The molecule has 0 aromatic heterocycles. The second-order valence-electron chi connectivity index (χ2n) is 6.90. The molecule has 136 valence electrons. The second kappa shape index (κ2) is 6.92. The molecule has 2 aliphatic rings. The molecule has 2 heterocycles. The third-order valence-electron chi connectivity index (χ3n) is 4.56. The summed E-state index contributed by atoms with van der Waals surface area (Å²) in [5, 5.41) is 2.70. The number of likely N-dealkylation sites (N-methyl/N-ethyl adjacent to an activating group) is 1. The molecule has 0 radical (unpaired) electrons. The molecule has 0 bridgehead atoms. The van der Waals surface area contributed by atoms with E-state index in [4.69, 9.17) is 9.47 Å². The number of para-hydroxylation sites is 2. The highest BCUT2D eigenvalue weighted by Gasteiger charge is 2.44. The van der Waals surface area contributed by atoms with Crippen molar-refractivity contribution >= 4 is 11.9 Å². The molecule has 7 nitrogen and oxygen atoms in total. The van der Waals surface area contributed by atoms with Crippen LogP contribution in [0.4, 0.5) is 4.79 Å². The zero-order valence-electron chi connectivity index (χ0n) is 14.9. The van der Waals surface area contributed by atoms with Gasteiger partial charge in [-0.15, -0.1) is 0 Å². The fourth-order valence-corrected chi connectivity index (χ4v) is 3.08. The number of hydrogen-bond acceptors (Lipinski definition) is 5. The molecule has 25 heavy (non-hydrogen) atoms. The molecule has 7 heteroatoms. The Hall–Kier alpha value is -2.28. The topological polar surface area (TPSA) is 71.1 Å². The predicted octanol–water partition coefficient (Wildman–Crippen LogP) is 1.48. The molecule has 1 aromatic rings. The predicted molar refractivity (Wildman–Crippen MR) is 92.8 cm³/mol. The third kappa shape index (κ3) is 3.71. The zero-order valence-corrected chi connectivity index (χ0v) is 14.9. The summed E-state index contributed by atoms with van der Waals surface area (Å²) in [4.78, 5) is 27.7. The van der Waals surface area contributed by atoms with Gasteiger partial charge >= 0.3 is 6.03 Å². The number of imide groups is 1. The first-order chi connectivity index (χ1) is 11.9. The van der Waals surface area contributed by atoms with Crippen LogP contribution in [-0.4, -0.2) is 66.2 Å². The molecule has 1 aromatic carbocycles. The van der Waals surface area contributed by atoms with E-state index in [0.717, 1.165) is 18.0 Å². The van der Waals surface area contributed by atoms with E-state index < -0.39 is 5.54 Å². The normalized spacial score (nSPS) is 21.6. The Kier molecular flexibility index (Phi) is 4.85. The van der Waals surface area contributed by atoms with Crippen molar-refractivity contribution < 1.29 is 19.1 Å². The lowest BCUT2D eigenvalue weighted by molar-refractivity contribution is -0.130. The maximum Gasteiger partial charge on any atom is 0.325 e. The lowest BCUT2D eigenvalue weighted by Gasteiger charge is -2.31. The number of rotatable bonds is 6. The average molecular weight is 347 g/mol. The summed E-state index contributed by atoms with van der Waals surface area (Å²) >= 11 is 0. The van der Waals surface area contributed by atoms with E-state index >= 15 is 0 Å². The standard InChI is InChI=1S/C18H25N3O4/c1-4-20(9-10-21-16(22)18(2,3)19-17(21)23)11-13-12-24-14-7-5-6-8-15(14)25-13/h5-8,13H,4,9-12H2,1-3H3,(H,19,23)/t13-/m0/s1. The summed E-state index contributed by atoms with van der Waals surface area (Å²) in [6, 6.07) is 7.30. The first-order valence-corrected chi connectivity index (χ1v) is 8.65. The lowest BCUT2D eigenvalue weighted by atomic mass is 10.1. The van der Waals surface area contributed by atoms with E-state index in [1.807, 2.05) is 31.2 Å². The van der Waals surface area contributed by atoms with Crippen LogP contribution < -0.4 is 14.8 Å². The molecule has 3 rings (SSSR count). The van der Waals surface area contributed by atoms with Gasteiger partial charge in [-0.3, -0.25) is 14.6 Å². The summed E-state index contributed by atoms with van der Waals surface area (Å²) in [6.07, 6.45) is -0.0746. The van der Waals surface area contributed by atoms with Crippen molar-refractivity contribution in [2.45, 2.75) is 32.4 Å². The summed E-state index contributed by atoms with van der Waals surface area (Å²) in [5.41, 5.74) is -0.821. The first-order valence-electron chi connectivity index (χ1n) is 8.65. The number of amides is 3. The van der Waals surface area contributed by atoms with Crippen molar-refractivity contribution in [1.82, 2.24) is 15.1 Å². The van der Waals surface area contributed by atoms with E-state index in [1.165, 1.54) is 4.90 Å². The summed E-state index contributed by atoms with van der Waals surface area (Å²) in [7, 11) is 0. The quantitative estimate of drug-likeness (QED) is 0.789. The number of nitrogens with one attached hydrogen (secondary N) is 1. The van der Waals surface area contributed by atoms with Crippen LogP contribution in [-0.2, 0) is 4.79 Å². The number of urea groups is 1. The van der Waals surface area contributed by atoms with Gasteiger partial charge in [-0.1, -0.05) is 19.1 Å². The maximum atomic E-state index is 12.2. The third-order valence-corrected chi connectivity index (χ3v) is 4.56. The van der Waals surface area contributed by atoms with Gasteiger partial charge in [-0.25, -0.2) is 4.79 Å². The fraction of sp³-hybridized carbons (Fsp3) is 0.556. The number of benzene rings is 1. The molecule has 1 N–H and O–H groups in total. The minimum atomic E-state index is -0.821. The maximum absolute atomic E-state index is 12.2. The molecule has 0 unspecified atom stereocenters. The van der Waals surface area contributed by atoms with Crippen LogP contribution in [0, 0.1) is 0 Å². The monoisotopic (exact) mass is 347 g/mol. The minimum absolute atomic E-state index is 0.0746. The molecule has 0 spiro atoms. The molecule has 1 atom stereocenters. The van der Waals surface area contributed by atoms with Crippen molar-refractivity contribution in [1.29, 1.82) is 0 Å². The highest BCUT2D eigenvalue weighted by atomic mass is 16.6. The molecular formula is C18H25N3O4. The fourth-order valence-electron chi connectivity index (χ4n) is 3.08. The molecule has 0 saturated carbocycles. The average Bonchev–Trinajstić information content (AvgIpc) is 2.79. The Labute approximate surface area is 147 Å². The van der Waals surface area contributed by atoms with E-state index in [0.29, 0.717) is 26.2 Å². The van der Waals surface area contributed by atoms with Gasteiger partial charge in [0, 0.05) is 19.6 Å². The number of nitrogens with zero attached hydrogens (tertiary/aromatic N) is 2. The smallest absolute Gasteiger partial charge is 0.325 e. The van der Waals surface area contributed by atoms with Crippen LogP contribution in [0.15, 0.2) is 24.3 Å². The highest BCUT2D eigenvalue weighted by molar-refractivity contribution is 6.06. The number of ether oxygens (including phenoxy) is 2. The van der Waals surface area contributed by atoms with Gasteiger partial charge in [0.2, 0.25) is 0 Å². The van der Waals surface area contributed by atoms with Crippen LogP contribution in [0.2, 0.25) is 0 Å². The molecular weight excluding hydrogens is 322 g/mol. The van der Waals surface area contributed by atoms with Crippen molar-refractivity contribution in [2.24, 2.45) is 0 Å². The number of carbonyl (C=O) groups is 2. The SMILES string of the molecule is CCN(CCN1C(=O)NC(C)(C)C1=O)C[C@H]1COc2ccccc2O1. The Morgan fingerprint density at radius 1 is 1.28 bits per heavy atom. The van der Waals surface area contributed by atoms with E-state index in [-0.39, 0.29) is 18.0 Å². The van der Waals surface area contributed by atoms with Crippen LogP contribution in [0.5, 0.6) is 11.5 Å². The van der Waals surface area contributed by atoms with Gasteiger partial charge in [0.15, 0.2) is 11.5 Å². The van der Waals surface area contributed by atoms with Gasteiger partial charge in [0.1, 0.15) is 18.2 Å². The van der Waals surface area contributed by atoms with Gasteiger partial charge < -0.3 is 14.8 Å². The van der Waals surface area contributed by atoms with Crippen LogP contribution in [0.1, 0.15) is 20.8 Å². The van der Waals surface area contributed by atoms with Gasteiger partial charge in [-0.05, 0) is 32.5 Å². The largest absolute Gasteiger partial charge is 0.486 e. The number of hydrogen-bond donors (Lipinski definition) is 1.